The van der Waals surface area contributed by atoms with Gasteiger partial charge in [-0.05, 0) is 30.7 Å². The van der Waals surface area contributed by atoms with Crippen LogP contribution < -0.4 is 5.32 Å². The number of hydrogen-bond acceptors (Lipinski definition) is 4. The highest BCUT2D eigenvalue weighted by molar-refractivity contribution is 5.96. The van der Waals surface area contributed by atoms with E-state index in [2.05, 4.69) is 16.6 Å². The molecule has 0 aromatic heterocycles. The van der Waals surface area contributed by atoms with Crippen molar-refractivity contribution in [2.45, 2.75) is 12.5 Å². The van der Waals surface area contributed by atoms with Crippen molar-refractivity contribution in [1.82, 2.24) is 5.32 Å². The van der Waals surface area contributed by atoms with Crippen molar-refractivity contribution in [3.8, 4) is 5.75 Å². The molecule has 0 aliphatic rings. The van der Waals surface area contributed by atoms with Gasteiger partial charge in [0.05, 0.1) is 7.11 Å². The van der Waals surface area contributed by atoms with Gasteiger partial charge >= 0.3 is 5.97 Å². The van der Waals surface area contributed by atoms with Gasteiger partial charge in [-0.25, -0.2) is 4.79 Å². The van der Waals surface area contributed by atoms with Gasteiger partial charge in [0, 0.05) is 5.56 Å². The number of phenolic OH excluding ortho intramolecular Hbond substituents is 1. The van der Waals surface area contributed by atoms with E-state index in [0.29, 0.717) is 5.56 Å². The molecule has 1 amide bonds. The Labute approximate surface area is 105 Å². The van der Waals surface area contributed by atoms with Gasteiger partial charge in [-0.2, -0.15) is 0 Å². The topological polar surface area (TPSA) is 75.6 Å². The fourth-order valence-corrected chi connectivity index (χ4v) is 1.38. The molecule has 18 heavy (non-hydrogen) atoms. The number of ether oxygens (including phenoxy) is 1. The number of esters is 1. The molecule has 0 aliphatic heterocycles. The van der Waals surface area contributed by atoms with E-state index in [1.807, 2.05) is 0 Å². The average Bonchev–Trinajstić information content (AvgIpc) is 2.38. The standard InChI is InChI=1S/C13H15NO4/c1-3-4-11(13(17)18-2)14-12(16)9-5-7-10(15)8-6-9/h3,5-8,11,15H,1,4H2,2H3,(H,14,16)/t11-/m1/s1. The second-order valence-corrected chi connectivity index (χ2v) is 3.62. The Kier molecular flexibility index (Phi) is 4.92. The molecule has 1 rings (SSSR count). The molecular formula is C13H15NO4. The molecule has 0 heterocycles. The number of benzene rings is 1. The van der Waals surface area contributed by atoms with Crippen LogP contribution in [0, 0.1) is 0 Å². The van der Waals surface area contributed by atoms with Crippen molar-refractivity contribution in [3.63, 3.8) is 0 Å². The lowest BCUT2D eigenvalue weighted by Gasteiger charge is -2.14. The molecular weight excluding hydrogens is 234 g/mol. The number of carbonyl (C=O) groups is 2. The van der Waals surface area contributed by atoms with Crippen molar-refractivity contribution in [2.75, 3.05) is 7.11 Å². The zero-order valence-electron chi connectivity index (χ0n) is 10.1. The first-order valence-corrected chi connectivity index (χ1v) is 5.37. The molecule has 0 spiro atoms. The van der Waals surface area contributed by atoms with Crippen LogP contribution in [0.1, 0.15) is 16.8 Å². The summed E-state index contributed by atoms with van der Waals surface area (Å²) in [4.78, 5) is 23.2. The van der Waals surface area contributed by atoms with Crippen LogP contribution in [0.25, 0.3) is 0 Å². The van der Waals surface area contributed by atoms with E-state index in [0.717, 1.165) is 0 Å². The summed E-state index contributed by atoms with van der Waals surface area (Å²) in [5.74, 6) is -0.864. The van der Waals surface area contributed by atoms with E-state index in [4.69, 9.17) is 5.11 Å². The molecule has 0 bridgehead atoms. The van der Waals surface area contributed by atoms with Gasteiger partial charge in [-0.3, -0.25) is 4.79 Å². The van der Waals surface area contributed by atoms with Crippen LogP contribution in [0.4, 0.5) is 0 Å². The van der Waals surface area contributed by atoms with E-state index < -0.39 is 17.9 Å². The minimum Gasteiger partial charge on any atom is -0.508 e. The molecule has 0 radical (unpaired) electrons. The van der Waals surface area contributed by atoms with Crippen molar-refractivity contribution in [3.05, 3.63) is 42.5 Å². The summed E-state index contributed by atoms with van der Waals surface area (Å²) >= 11 is 0. The SMILES string of the molecule is C=CC[C@@H](NC(=O)c1ccc(O)cc1)C(=O)OC. The average molecular weight is 249 g/mol. The molecule has 0 unspecified atom stereocenters. The number of aromatic hydroxyl groups is 1. The first-order valence-electron chi connectivity index (χ1n) is 5.37. The monoisotopic (exact) mass is 249 g/mol. The number of phenols is 1. The highest BCUT2D eigenvalue weighted by Crippen LogP contribution is 2.10. The maximum atomic E-state index is 11.8. The van der Waals surface area contributed by atoms with Crippen LogP contribution in [0.15, 0.2) is 36.9 Å². The minimum absolute atomic E-state index is 0.0714. The van der Waals surface area contributed by atoms with Crippen molar-refractivity contribution in [1.29, 1.82) is 0 Å². The maximum absolute atomic E-state index is 11.8. The predicted molar refractivity (Wildman–Crippen MR) is 66.2 cm³/mol. The second kappa shape index (κ2) is 6.44. The fraction of sp³-hybridized carbons (Fsp3) is 0.231. The molecule has 5 nitrogen and oxygen atoms in total. The Bertz CT molecular complexity index is 439. The molecule has 0 fully saturated rings. The number of hydrogen-bond donors (Lipinski definition) is 2. The molecule has 5 heteroatoms. The van der Waals surface area contributed by atoms with E-state index in [1.165, 1.54) is 37.5 Å². The second-order valence-electron chi connectivity index (χ2n) is 3.62. The van der Waals surface area contributed by atoms with Crippen LogP contribution in [0.5, 0.6) is 5.75 Å². The maximum Gasteiger partial charge on any atom is 0.328 e. The summed E-state index contributed by atoms with van der Waals surface area (Å²) < 4.78 is 4.58. The van der Waals surface area contributed by atoms with Crippen LogP contribution >= 0.6 is 0 Å². The number of amides is 1. The van der Waals surface area contributed by atoms with E-state index in [1.54, 1.807) is 0 Å². The van der Waals surface area contributed by atoms with Crippen LogP contribution in [-0.4, -0.2) is 30.1 Å². The first-order chi connectivity index (χ1) is 8.58. The largest absolute Gasteiger partial charge is 0.508 e. The summed E-state index contributed by atoms with van der Waals surface area (Å²) in [6, 6.07) is 4.97. The third-order valence-electron chi connectivity index (χ3n) is 2.32. The van der Waals surface area contributed by atoms with Crippen molar-refractivity contribution >= 4 is 11.9 Å². The summed E-state index contributed by atoms with van der Waals surface area (Å²) in [7, 11) is 1.26. The molecule has 1 aromatic rings. The molecule has 1 atom stereocenters. The molecule has 0 aliphatic carbocycles. The molecule has 0 saturated heterocycles. The van der Waals surface area contributed by atoms with Gasteiger partial charge in [0.1, 0.15) is 11.8 Å². The van der Waals surface area contributed by atoms with E-state index >= 15 is 0 Å². The minimum atomic E-state index is -0.756. The lowest BCUT2D eigenvalue weighted by molar-refractivity contribution is -0.142. The van der Waals surface area contributed by atoms with Gasteiger partial charge in [-0.15, -0.1) is 6.58 Å². The van der Waals surface area contributed by atoms with Crippen molar-refractivity contribution in [2.24, 2.45) is 0 Å². The zero-order chi connectivity index (χ0) is 13.5. The lowest BCUT2D eigenvalue weighted by atomic mass is 10.1. The van der Waals surface area contributed by atoms with E-state index in [-0.39, 0.29) is 12.2 Å². The highest BCUT2D eigenvalue weighted by Gasteiger charge is 2.20. The van der Waals surface area contributed by atoms with Gasteiger partial charge in [0.15, 0.2) is 0 Å². The van der Waals surface area contributed by atoms with Crippen molar-refractivity contribution < 1.29 is 19.4 Å². The third-order valence-corrected chi connectivity index (χ3v) is 2.32. The van der Waals surface area contributed by atoms with E-state index in [9.17, 15) is 9.59 Å². The first kappa shape index (κ1) is 13.8. The number of methoxy groups -OCH3 is 1. The summed E-state index contributed by atoms with van der Waals surface area (Å²) in [5, 5.41) is 11.6. The van der Waals surface area contributed by atoms with Crippen LogP contribution in [0.2, 0.25) is 0 Å². The third kappa shape index (κ3) is 3.62. The number of nitrogens with one attached hydrogen (secondary N) is 1. The summed E-state index contributed by atoms with van der Waals surface area (Å²) in [5.41, 5.74) is 0.353. The lowest BCUT2D eigenvalue weighted by Crippen LogP contribution is -2.41. The predicted octanol–water partition coefficient (Wildman–Crippen LogP) is 1.24. The van der Waals surface area contributed by atoms with Gasteiger partial charge in [0.2, 0.25) is 0 Å². The summed E-state index contributed by atoms with van der Waals surface area (Å²) in [6.45, 7) is 3.52. The Balaban J connectivity index is 2.74. The molecule has 1 aromatic carbocycles. The quantitative estimate of drug-likeness (QED) is 0.608. The van der Waals surface area contributed by atoms with Crippen LogP contribution in [0.3, 0.4) is 0 Å². The van der Waals surface area contributed by atoms with Gasteiger partial charge in [-0.1, -0.05) is 6.08 Å². The summed E-state index contributed by atoms with van der Waals surface area (Å²) in [6.07, 6.45) is 1.81. The highest BCUT2D eigenvalue weighted by atomic mass is 16.5. The molecule has 2 N–H and O–H groups in total. The Morgan fingerprint density at radius 1 is 1.44 bits per heavy atom. The number of rotatable bonds is 5. The smallest absolute Gasteiger partial charge is 0.328 e. The number of carbonyl (C=O) groups excluding carboxylic acids is 2. The fourth-order valence-electron chi connectivity index (χ4n) is 1.38. The zero-order valence-corrected chi connectivity index (χ0v) is 10.1. The normalized spacial score (nSPS) is 11.4. The Hall–Kier alpha value is -2.30. The molecule has 0 saturated carbocycles. The molecule has 96 valence electrons. The Morgan fingerprint density at radius 2 is 2.06 bits per heavy atom. The Morgan fingerprint density at radius 3 is 2.56 bits per heavy atom. The van der Waals surface area contributed by atoms with Crippen LogP contribution in [-0.2, 0) is 9.53 Å². The van der Waals surface area contributed by atoms with Gasteiger partial charge < -0.3 is 15.2 Å². The van der Waals surface area contributed by atoms with Gasteiger partial charge in [0.25, 0.3) is 5.91 Å².